The summed E-state index contributed by atoms with van der Waals surface area (Å²) in [6.07, 6.45) is -0.452. The van der Waals surface area contributed by atoms with Crippen LogP contribution in [-0.4, -0.2) is 38.4 Å². The molecule has 0 bridgehead atoms. The van der Waals surface area contributed by atoms with Gasteiger partial charge in [-0.15, -0.1) is 0 Å². The molecule has 3 aromatic heterocycles. The van der Waals surface area contributed by atoms with Gasteiger partial charge in [0.05, 0.1) is 16.8 Å². The molecule has 0 spiro atoms. The summed E-state index contributed by atoms with van der Waals surface area (Å²) in [5.41, 5.74) is -0.311. The van der Waals surface area contributed by atoms with Crippen molar-refractivity contribution in [2.24, 2.45) is 7.05 Å². The van der Waals surface area contributed by atoms with Crippen molar-refractivity contribution in [3.8, 4) is 22.6 Å². The minimum Gasteiger partial charge on any atom is -0.435 e. The molecule has 182 valence electrons. The molecule has 0 saturated heterocycles. The quantitative estimate of drug-likeness (QED) is 0.412. The fraction of sp³-hybridized carbons (Fsp3) is 0.182. The van der Waals surface area contributed by atoms with E-state index in [1.807, 2.05) is 0 Å². The molecule has 4 rings (SSSR count). The van der Waals surface area contributed by atoms with E-state index in [0.29, 0.717) is 11.1 Å². The molecule has 0 aliphatic carbocycles. The second-order valence-corrected chi connectivity index (χ2v) is 7.38. The predicted octanol–water partition coefficient (Wildman–Crippen LogP) is 3.72. The SMILES string of the molecule is Cn1cc(-n2cc3cnc(NCC(F)(F)F)nc3c(-c3ccc(OC(F)F)cc3)c2=O)ccc1=O. The minimum atomic E-state index is -4.52. The Balaban J connectivity index is 1.92. The lowest BCUT2D eigenvalue weighted by Crippen LogP contribution is -2.24. The number of anilines is 1. The molecule has 13 heteroatoms. The van der Waals surface area contributed by atoms with Crippen molar-refractivity contribution in [2.75, 3.05) is 11.9 Å². The van der Waals surface area contributed by atoms with Gasteiger partial charge in [-0.2, -0.15) is 22.0 Å². The maximum Gasteiger partial charge on any atom is 0.405 e. The van der Waals surface area contributed by atoms with Gasteiger partial charge in [-0.05, 0) is 23.8 Å². The molecular weight excluding hydrogens is 477 g/mol. The highest BCUT2D eigenvalue weighted by Crippen LogP contribution is 2.28. The van der Waals surface area contributed by atoms with Gasteiger partial charge in [0.2, 0.25) is 11.5 Å². The molecule has 0 fully saturated rings. The molecule has 0 radical (unpaired) electrons. The number of aryl methyl sites for hydroxylation is 1. The summed E-state index contributed by atoms with van der Waals surface area (Å²) < 4.78 is 69.8. The third kappa shape index (κ3) is 5.28. The van der Waals surface area contributed by atoms with Gasteiger partial charge in [0.1, 0.15) is 12.3 Å². The fourth-order valence-corrected chi connectivity index (χ4v) is 3.35. The molecular formula is C22H16F5N5O3. The van der Waals surface area contributed by atoms with Gasteiger partial charge < -0.3 is 14.6 Å². The predicted molar refractivity (Wildman–Crippen MR) is 117 cm³/mol. The summed E-state index contributed by atoms with van der Waals surface area (Å²) in [5, 5.41) is 2.37. The second-order valence-electron chi connectivity index (χ2n) is 7.38. The highest BCUT2D eigenvalue weighted by molar-refractivity contribution is 5.93. The van der Waals surface area contributed by atoms with Gasteiger partial charge in [0.15, 0.2) is 0 Å². The Kier molecular flexibility index (Phi) is 6.24. The van der Waals surface area contributed by atoms with Crippen molar-refractivity contribution in [2.45, 2.75) is 12.8 Å². The molecule has 1 N–H and O–H groups in total. The van der Waals surface area contributed by atoms with Crippen LogP contribution in [0.25, 0.3) is 27.7 Å². The van der Waals surface area contributed by atoms with Gasteiger partial charge in [-0.3, -0.25) is 14.2 Å². The Labute approximate surface area is 193 Å². The standard InChI is InChI=1S/C22H16F5N5O3/c1-31-10-14(4-7-16(31)33)32-9-13-8-28-21(29-11-22(25,26)27)30-18(13)17(19(32)34)12-2-5-15(6-3-12)35-20(23)24/h2-10,20H,11H2,1H3,(H,29,30). The van der Waals surface area contributed by atoms with Crippen LogP contribution in [-0.2, 0) is 7.05 Å². The molecule has 0 amide bonds. The summed E-state index contributed by atoms with van der Waals surface area (Å²) in [5.74, 6) is -0.502. The zero-order valence-electron chi connectivity index (χ0n) is 17.9. The summed E-state index contributed by atoms with van der Waals surface area (Å²) in [6.45, 7) is -4.43. The zero-order chi connectivity index (χ0) is 25.3. The molecule has 4 aromatic rings. The summed E-state index contributed by atoms with van der Waals surface area (Å²) in [7, 11) is 1.50. The average molecular weight is 493 g/mol. The number of rotatable bonds is 6. The summed E-state index contributed by atoms with van der Waals surface area (Å²) in [6, 6.07) is 7.84. The van der Waals surface area contributed by atoms with E-state index in [4.69, 9.17) is 0 Å². The van der Waals surface area contributed by atoms with E-state index in [9.17, 15) is 31.5 Å². The molecule has 0 saturated carbocycles. The number of halogens is 5. The first-order valence-corrected chi connectivity index (χ1v) is 9.97. The molecule has 0 unspecified atom stereocenters. The van der Waals surface area contributed by atoms with Crippen LogP contribution in [0.5, 0.6) is 5.75 Å². The third-order valence-corrected chi connectivity index (χ3v) is 4.92. The Morgan fingerprint density at radius 1 is 1.06 bits per heavy atom. The number of nitrogens with zero attached hydrogens (tertiary/aromatic N) is 4. The first-order chi connectivity index (χ1) is 16.5. The van der Waals surface area contributed by atoms with Gasteiger partial charge in [0.25, 0.3) is 5.56 Å². The second kappa shape index (κ2) is 9.16. The number of pyridine rings is 2. The summed E-state index contributed by atoms with van der Waals surface area (Å²) in [4.78, 5) is 33.3. The maximum atomic E-state index is 13.5. The van der Waals surface area contributed by atoms with Crippen LogP contribution < -0.4 is 21.2 Å². The van der Waals surface area contributed by atoms with Crippen molar-refractivity contribution < 1.29 is 26.7 Å². The molecule has 3 heterocycles. The normalized spacial score (nSPS) is 11.7. The smallest absolute Gasteiger partial charge is 0.405 e. The first kappa shape index (κ1) is 23.9. The number of nitrogens with one attached hydrogen (secondary N) is 1. The van der Waals surface area contributed by atoms with Crippen molar-refractivity contribution >= 4 is 16.9 Å². The van der Waals surface area contributed by atoms with Crippen LogP contribution in [0.15, 0.2) is 64.6 Å². The van der Waals surface area contributed by atoms with Crippen LogP contribution in [0.3, 0.4) is 0 Å². The van der Waals surface area contributed by atoms with Crippen LogP contribution in [0, 0.1) is 0 Å². The first-order valence-electron chi connectivity index (χ1n) is 9.97. The maximum absolute atomic E-state index is 13.5. The minimum absolute atomic E-state index is 0.0163. The number of aromatic nitrogens is 4. The third-order valence-electron chi connectivity index (χ3n) is 4.92. The van der Waals surface area contributed by atoms with Gasteiger partial charge in [-0.25, -0.2) is 9.97 Å². The van der Waals surface area contributed by atoms with Crippen LogP contribution >= 0.6 is 0 Å². The topological polar surface area (TPSA) is 91.0 Å². The monoisotopic (exact) mass is 493 g/mol. The van der Waals surface area contributed by atoms with Gasteiger partial charge in [-0.1, -0.05) is 12.1 Å². The van der Waals surface area contributed by atoms with Gasteiger partial charge in [0, 0.05) is 37.1 Å². The molecule has 8 nitrogen and oxygen atoms in total. The Morgan fingerprint density at radius 2 is 1.77 bits per heavy atom. The lowest BCUT2D eigenvalue weighted by Gasteiger charge is -2.14. The largest absolute Gasteiger partial charge is 0.435 e. The van der Waals surface area contributed by atoms with Crippen LogP contribution in [0.1, 0.15) is 0 Å². The van der Waals surface area contributed by atoms with Crippen LogP contribution in [0.4, 0.5) is 27.9 Å². The highest BCUT2D eigenvalue weighted by Gasteiger charge is 2.27. The van der Waals surface area contributed by atoms with E-state index >= 15 is 0 Å². The average Bonchev–Trinajstić information content (AvgIpc) is 2.79. The molecule has 0 atom stereocenters. The molecule has 0 aliphatic rings. The number of hydrogen-bond donors (Lipinski definition) is 1. The van der Waals surface area contributed by atoms with E-state index in [0.717, 1.165) is 0 Å². The lowest BCUT2D eigenvalue weighted by atomic mass is 10.0. The Hall–Kier alpha value is -4.29. The number of hydrogen-bond acceptors (Lipinski definition) is 6. The van der Waals surface area contributed by atoms with E-state index in [-0.39, 0.29) is 33.9 Å². The summed E-state index contributed by atoms with van der Waals surface area (Å²) >= 11 is 0. The van der Waals surface area contributed by atoms with E-state index < -0.39 is 24.9 Å². The van der Waals surface area contributed by atoms with Crippen LogP contribution in [0.2, 0.25) is 0 Å². The molecule has 0 aliphatic heterocycles. The van der Waals surface area contributed by atoms with Gasteiger partial charge >= 0.3 is 12.8 Å². The number of alkyl halides is 5. The van der Waals surface area contributed by atoms with E-state index in [1.165, 1.54) is 71.2 Å². The lowest BCUT2D eigenvalue weighted by molar-refractivity contribution is -0.115. The van der Waals surface area contributed by atoms with Crippen molar-refractivity contribution in [1.29, 1.82) is 0 Å². The number of fused-ring (bicyclic) bond motifs is 1. The number of benzene rings is 1. The number of ether oxygens (including phenoxy) is 1. The fourth-order valence-electron chi connectivity index (χ4n) is 3.35. The van der Waals surface area contributed by atoms with E-state index in [2.05, 4.69) is 20.0 Å². The van der Waals surface area contributed by atoms with Crippen molar-refractivity contribution in [3.63, 3.8) is 0 Å². The molecule has 1 aromatic carbocycles. The van der Waals surface area contributed by atoms with Crippen molar-refractivity contribution in [1.82, 2.24) is 19.1 Å². The zero-order valence-corrected chi connectivity index (χ0v) is 17.9. The Bertz CT molecular complexity index is 1500. The highest BCUT2D eigenvalue weighted by atomic mass is 19.4. The Morgan fingerprint density at radius 3 is 2.40 bits per heavy atom. The molecule has 35 heavy (non-hydrogen) atoms. The van der Waals surface area contributed by atoms with Crippen molar-refractivity contribution in [3.05, 3.63) is 75.7 Å². The van der Waals surface area contributed by atoms with E-state index in [1.54, 1.807) is 0 Å².